The lowest BCUT2D eigenvalue weighted by atomic mass is 9.97. The van der Waals surface area contributed by atoms with E-state index in [1.807, 2.05) is 0 Å². The van der Waals surface area contributed by atoms with E-state index in [0.717, 1.165) is 60.7 Å². The Morgan fingerprint density at radius 1 is 0.519 bits per heavy atom. The second-order valence-electron chi connectivity index (χ2n) is 10.3. The standard InChI is InChI=1S/C34H28N2O16/c1-19(2)29(37)47-13-15-49-31(39)25-17-26(32(40)50-16-14-48-30(38)20(3)4)28(34(42)52-24-11-7-22(8-12-24)36(45)46)18-27(25)33(41)51-23-9-5-21(6-10-23)35(43)44/h5-12,17-18H,1,3,13-16H2,2,4H3. The summed E-state index contributed by atoms with van der Waals surface area (Å²) >= 11 is 0. The van der Waals surface area contributed by atoms with Gasteiger partial charge in [-0.25, -0.2) is 28.8 Å². The fourth-order valence-electron chi connectivity index (χ4n) is 3.81. The average Bonchev–Trinajstić information content (AvgIpc) is 3.11. The second kappa shape index (κ2) is 18.0. The van der Waals surface area contributed by atoms with Gasteiger partial charge in [0, 0.05) is 35.4 Å². The van der Waals surface area contributed by atoms with Gasteiger partial charge in [0.05, 0.1) is 32.1 Å². The first-order chi connectivity index (χ1) is 24.6. The molecule has 0 bridgehead atoms. The summed E-state index contributed by atoms with van der Waals surface area (Å²) in [6.45, 7) is 7.67. The van der Waals surface area contributed by atoms with E-state index in [-0.39, 0.29) is 34.0 Å². The molecule has 3 rings (SSSR count). The minimum absolute atomic E-state index is 0.0661. The number of ether oxygens (including phenoxy) is 6. The fourth-order valence-corrected chi connectivity index (χ4v) is 3.81. The van der Waals surface area contributed by atoms with E-state index < -0.39 is 94.3 Å². The number of esters is 6. The molecule has 0 saturated heterocycles. The summed E-state index contributed by atoms with van der Waals surface area (Å²) in [5.74, 6) is -7.12. The van der Waals surface area contributed by atoms with Gasteiger partial charge in [-0.2, -0.15) is 0 Å². The van der Waals surface area contributed by atoms with Crippen LogP contribution in [-0.2, 0) is 28.5 Å². The van der Waals surface area contributed by atoms with Crippen LogP contribution >= 0.6 is 0 Å². The molecular formula is C34H28N2O16. The molecule has 0 fully saturated rings. The minimum Gasteiger partial charge on any atom is -0.459 e. The van der Waals surface area contributed by atoms with Gasteiger partial charge >= 0.3 is 35.8 Å². The van der Waals surface area contributed by atoms with Crippen LogP contribution in [0.5, 0.6) is 11.5 Å². The third kappa shape index (κ3) is 10.9. The Labute approximate surface area is 293 Å². The number of non-ortho nitro benzene ring substituents is 2. The number of hydrogen-bond donors (Lipinski definition) is 0. The Morgan fingerprint density at radius 3 is 1.10 bits per heavy atom. The Morgan fingerprint density at radius 2 is 0.808 bits per heavy atom. The van der Waals surface area contributed by atoms with Crippen LogP contribution in [0.3, 0.4) is 0 Å². The van der Waals surface area contributed by atoms with Crippen molar-refractivity contribution in [2.45, 2.75) is 13.8 Å². The topological polar surface area (TPSA) is 244 Å². The summed E-state index contributed by atoms with van der Waals surface area (Å²) in [5.41, 5.74) is -3.14. The van der Waals surface area contributed by atoms with Crippen LogP contribution in [0.1, 0.15) is 55.3 Å². The van der Waals surface area contributed by atoms with Crippen molar-refractivity contribution in [3.05, 3.63) is 127 Å². The minimum atomic E-state index is -1.30. The molecule has 0 amide bonds. The van der Waals surface area contributed by atoms with Crippen LogP contribution in [0.15, 0.2) is 85.0 Å². The zero-order valence-electron chi connectivity index (χ0n) is 27.4. The molecule has 18 heteroatoms. The maximum atomic E-state index is 13.5. The lowest BCUT2D eigenvalue weighted by Gasteiger charge is -2.15. The highest BCUT2D eigenvalue weighted by molar-refractivity contribution is 6.11. The number of hydrogen-bond acceptors (Lipinski definition) is 16. The SMILES string of the molecule is C=C(C)C(=O)OCCOC(=O)c1cc(C(=O)OCCOC(=O)C(=C)C)c(C(=O)Oc2ccc([N+](=O)[O-])cc2)cc1C(=O)Oc1ccc([N+](=O)[O-])cc1. The summed E-state index contributed by atoms with van der Waals surface area (Å²) in [7, 11) is 0. The molecule has 0 atom stereocenters. The number of carbonyl (C=O) groups is 6. The maximum Gasteiger partial charge on any atom is 0.344 e. The van der Waals surface area contributed by atoms with Gasteiger partial charge in [0.15, 0.2) is 0 Å². The van der Waals surface area contributed by atoms with Crippen molar-refractivity contribution in [1.82, 2.24) is 0 Å². The molecule has 0 spiro atoms. The van der Waals surface area contributed by atoms with Crippen LogP contribution in [0.25, 0.3) is 0 Å². The molecular weight excluding hydrogens is 692 g/mol. The van der Waals surface area contributed by atoms with E-state index in [9.17, 15) is 49.0 Å². The number of carbonyl (C=O) groups excluding carboxylic acids is 6. The summed E-state index contributed by atoms with van der Waals surface area (Å²) < 4.78 is 30.6. The normalized spacial score (nSPS) is 10.2. The molecule has 0 heterocycles. The largest absolute Gasteiger partial charge is 0.459 e. The Balaban J connectivity index is 2.06. The van der Waals surface area contributed by atoms with E-state index in [1.165, 1.54) is 13.8 Å². The quantitative estimate of drug-likeness (QED) is 0.0376. The fraction of sp³-hybridized carbons (Fsp3) is 0.176. The summed E-state index contributed by atoms with van der Waals surface area (Å²) in [6, 6.07) is 9.99. The van der Waals surface area contributed by atoms with Gasteiger partial charge in [-0.15, -0.1) is 0 Å². The van der Waals surface area contributed by atoms with Crippen molar-refractivity contribution in [3.63, 3.8) is 0 Å². The third-order valence-corrected chi connectivity index (χ3v) is 6.35. The molecule has 0 radical (unpaired) electrons. The van der Waals surface area contributed by atoms with Crippen LogP contribution in [0, 0.1) is 20.2 Å². The van der Waals surface area contributed by atoms with Gasteiger partial charge < -0.3 is 28.4 Å². The smallest absolute Gasteiger partial charge is 0.344 e. The average molecular weight is 721 g/mol. The summed E-state index contributed by atoms with van der Waals surface area (Å²) in [4.78, 5) is 97.6. The third-order valence-electron chi connectivity index (χ3n) is 6.35. The van der Waals surface area contributed by atoms with Crippen LogP contribution in [0.2, 0.25) is 0 Å². The van der Waals surface area contributed by atoms with E-state index in [1.54, 1.807) is 0 Å². The van der Waals surface area contributed by atoms with Crippen LogP contribution < -0.4 is 9.47 Å². The van der Waals surface area contributed by atoms with Gasteiger partial charge in [-0.3, -0.25) is 20.2 Å². The summed E-state index contributed by atoms with van der Waals surface area (Å²) in [6.07, 6.45) is 0. The zero-order valence-corrected chi connectivity index (χ0v) is 27.4. The van der Waals surface area contributed by atoms with Crippen molar-refractivity contribution in [3.8, 4) is 11.5 Å². The number of benzene rings is 3. The molecule has 0 aromatic heterocycles. The van der Waals surface area contributed by atoms with Gasteiger partial charge in [0.1, 0.15) is 37.9 Å². The van der Waals surface area contributed by atoms with Crippen LogP contribution in [-0.4, -0.2) is 72.1 Å². The molecule has 0 aliphatic heterocycles. The zero-order chi connectivity index (χ0) is 38.5. The van der Waals surface area contributed by atoms with Crippen molar-refractivity contribution in [2.24, 2.45) is 0 Å². The first-order valence-electron chi connectivity index (χ1n) is 14.7. The van der Waals surface area contributed by atoms with Crippen molar-refractivity contribution >= 4 is 47.2 Å². The lowest BCUT2D eigenvalue weighted by Crippen LogP contribution is -2.23. The predicted octanol–water partition coefficient (Wildman–Crippen LogP) is 4.49. The molecule has 52 heavy (non-hydrogen) atoms. The highest BCUT2D eigenvalue weighted by Gasteiger charge is 2.30. The van der Waals surface area contributed by atoms with Crippen LogP contribution in [0.4, 0.5) is 11.4 Å². The van der Waals surface area contributed by atoms with E-state index in [2.05, 4.69) is 13.2 Å². The molecule has 3 aromatic rings. The molecule has 0 aliphatic rings. The predicted molar refractivity (Wildman–Crippen MR) is 175 cm³/mol. The number of nitrogens with zero attached hydrogens (tertiary/aromatic N) is 2. The number of rotatable bonds is 16. The Hall–Kier alpha value is -7.24. The van der Waals surface area contributed by atoms with Crippen molar-refractivity contribution in [1.29, 1.82) is 0 Å². The van der Waals surface area contributed by atoms with Crippen molar-refractivity contribution < 1.29 is 67.0 Å². The molecule has 0 unspecified atom stereocenters. The van der Waals surface area contributed by atoms with Gasteiger partial charge in [0.2, 0.25) is 0 Å². The van der Waals surface area contributed by atoms with E-state index in [4.69, 9.17) is 28.4 Å². The Kier molecular flexibility index (Phi) is 13.5. The summed E-state index contributed by atoms with van der Waals surface area (Å²) in [5, 5.41) is 22.1. The maximum absolute atomic E-state index is 13.5. The molecule has 3 aromatic carbocycles. The highest BCUT2D eigenvalue weighted by Crippen LogP contribution is 2.26. The lowest BCUT2D eigenvalue weighted by molar-refractivity contribution is -0.385. The molecule has 18 nitrogen and oxygen atoms in total. The molecule has 0 saturated carbocycles. The molecule has 270 valence electrons. The van der Waals surface area contributed by atoms with Crippen molar-refractivity contribution in [2.75, 3.05) is 26.4 Å². The second-order valence-corrected chi connectivity index (χ2v) is 10.3. The van der Waals surface area contributed by atoms with Gasteiger partial charge in [-0.05, 0) is 50.2 Å². The van der Waals surface area contributed by atoms with Gasteiger partial charge in [0.25, 0.3) is 11.4 Å². The first kappa shape index (κ1) is 39.2. The Bertz CT molecular complexity index is 1810. The van der Waals surface area contributed by atoms with E-state index in [0.29, 0.717) is 0 Å². The highest BCUT2D eigenvalue weighted by atomic mass is 16.6. The van der Waals surface area contributed by atoms with Gasteiger partial charge in [-0.1, -0.05) is 13.2 Å². The monoisotopic (exact) mass is 720 g/mol. The van der Waals surface area contributed by atoms with E-state index >= 15 is 0 Å². The number of nitro groups is 2. The molecule has 0 N–H and O–H groups in total. The first-order valence-corrected chi connectivity index (χ1v) is 14.7. The molecule has 0 aliphatic carbocycles. The number of nitro benzene ring substituents is 2.